The van der Waals surface area contributed by atoms with E-state index in [4.69, 9.17) is 0 Å². The first-order valence-corrected chi connectivity index (χ1v) is 15.6. The SMILES string of the molecule is C[C@H](CCC(=O)[N+]1(C(=O)O)CCC[C@]1(C)C(=O)O)[C@H]1CCC2C3C(CC[C@@]21C)[C@@]1(C)CC[C@@H](O)C[C@H]1[C@@H](O)[C@H]3O. The van der Waals surface area contributed by atoms with E-state index >= 15 is 0 Å². The van der Waals surface area contributed by atoms with Crippen LogP contribution >= 0.6 is 0 Å². The van der Waals surface area contributed by atoms with Gasteiger partial charge in [0, 0.05) is 19.8 Å². The number of quaternary nitrogens is 1. The Morgan fingerprint density at radius 1 is 0.850 bits per heavy atom. The van der Waals surface area contributed by atoms with Crippen molar-refractivity contribution < 1.29 is 44.4 Å². The zero-order valence-corrected chi connectivity index (χ0v) is 24.6. The summed E-state index contributed by atoms with van der Waals surface area (Å²) in [6.07, 6.45) is 3.72. The maximum absolute atomic E-state index is 13.5. The standard InChI is InChI=1S/C31H49NO8/c1-17(6-9-23(34)32(28(39)40)15-5-12-31(32,4)27(37)38)19-7-8-20-24-21(11-14-29(19,20)2)30(3)13-10-18(33)16-22(30)25(35)26(24)36/h17-22,24-26,33,35-36H,5-16H2,1-4H3,(H-,37,38,39,40)/p+1/t17-,18-,19-,20?,21?,22+,24?,25-,26+,29-,30-,31-,32?/m1/s1. The molecule has 4 unspecified atom stereocenters. The van der Waals surface area contributed by atoms with Crippen LogP contribution in [-0.4, -0.2) is 78.4 Å². The van der Waals surface area contributed by atoms with E-state index in [2.05, 4.69) is 20.8 Å². The number of hydrogen-bond acceptors (Lipinski definition) is 6. The molecule has 1 aliphatic heterocycles. The molecule has 0 aromatic rings. The molecule has 9 heteroatoms. The Labute approximate surface area is 237 Å². The number of aliphatic hydroxyl groups excluding tert-OH is 3. The molecular formula is C31H50NO8+. The summed E-state index contributed by atoms with van der Waals surface area (Å²) in [6.45, 7) is 8.12. The topological polar surface area (TPSA) is 152 Å². The maximum atomic E-state index is 13.5. The lowest BCUT2D eigenvalue weighted by molar-refractivity contribution is -0.811. The highest BCUT2D eigenvalue weighted by Gasteiger charge is 2.67. The number of likely N-dealkylation sites (tertiary alicyclic amines) is 1. The summed E-state index contributed by atoms with van der Waals surface area (Å²) in [5, 5.41) is 53.1. The molecule has 5 N–H and O–H groups in total. The number of carboxylic acid groups (broad SMARTS) is 2. The van der Waals surface area contributed by atoms with Crippen LogP contribution in [0.5, 0.6) is 0 Å². The third-order valence-electron chi connectivity index (χ3n) is 13.5. The number of carboxylic acids is 1. The first-order chi connectivity index (χ1) is 18.6. The summed E-state index contributed by atoms with van der Waals surface area (Å²) in [5.41, 5.74) is -1.80. The van der Waals surface area contributed by atoms with Crippen molar-refractivity contribution in [3.05, 3.63) is 0 Å². The smallest absolute Gasteiger partial charge is 0.477 e. The normalized spacial score (nSPS) is 50.9. The lowest BCUT2D eigenvalue weighted by atomic mass is 9.43. The van der Waals surface area contributed by atoms with E-state index in [9.17, 15) is 39.9 Å². The second kappa shape index (κ2) is 10.0. The van der Waals surface area contributed by atoms with Crippen LogP contribution < -0.4 is 0 Å². The monoisotopic (exact) mass is 564 g/mol. The van der Waals surface area contributed by atoms with E-state index in [0.717, 1.165) is 38.5 Å². The van der Waals surface area contributed by atoms with Crippen LogP contribution in [0.2, 0.25) is 0 Å². The van der Waals surface area contributed by atoms with Crippen LogP contribution in [0.4, 0.5) is 4.79 Å². The third-order valence-corrected chi connectivity index (χ3v) is 13.5. The zero-order chi connectivity index (χ0) is 29.4. The first kappa shape index (κ1) is 29.9. The Bertz CT molecular complexity index is 1050. The van der Waals surface area contributed by atoms with Gasteiger partial charge in [0.25, 0.3) is 0 Å². The molecule has 0 radical (unpaired) electrons. The lowest BCUT2D eigenvalue weighted by Crippen LogP contribution is -2.68. The molecule has 2 amide bonds. The molecule has 1 heterocycles. The minimum absolute atomic E-state index is 0.00536. The van der Waals surface area contributed by atoms with Gasteiger partial charge in [-0.15, -0.1) is 4.48 Å². The molecule has 5 fully saturated rings. The van der Waals surface area contributed by atoms with Gasteiger partial charge in [-0.3, -0.25) is 0 Å². The number of aliphatic hydroxyl groups is 3. The Morgan fingerprint density at radius 3 is 2.15 bits per heavy atom. The Kier molecular flexibility index (Phi) is 7.50. The van der Waals surface area contributed by atoms with E-state index in [-0.39, 0.29) is 53.9 Å². The minimum atomic E-state index is -1.66. The molecule has 0 bridgehead atoms. The Morgan fingerprint density at radius 2 is 1.50 bits per heavy atom. The predicted octanol–water partition coefficient (Wildman–Crippen LogP) is 4.02. The number of carbonyl (C=O) groups is 3. The number of carbonyl (C=O) groups excluding carboxylic acids is 1. The molecule has 0 aromatic heterocycles. The van der Waals surface area contributed by atoms with Gasteiger partial charge in [-0.25, -0.2) is 9.59 Å². The maximum Gasteiger partial charge on any atom is 0.522 e. The number of aliphatic carboxylic acids is 1. The molecule has 226 valence electrons. The number of imide groups is 1. The van der Waals surface area contributed by atoms with Gasteiger partial charge in [0.1, 0.15) is 0 Å². The van der Waals surface area contributed by atoms with Gasteiger partial charge in [0.05, 0.1) is 31.3 Å². The van der Waals surface area contributed by atoms with Crippen LogP contribution in [0.15, 0.2) is 0 Å². The van der Waals surface area contributed by atoms with E-state index in [1.165, 1.54) is 6.92 Å². The molecule has 9 nitrogen and oxygen atoms in total. The molecule has 5 aliphatic rings. The molecule has 0 spiro atoms. The molecule has 4 aliphatic carbocycles. The highest BCUT2D eigenvalue weighted by Crippen LogP contribution is 2.68. The van der Waals surface area contributed by atoms with Gasteiger partial charge in [-0.2, -0.15) is 4.79 Å². The third kappa shape index (κ3) is 3.97. The average Bonchev–Trinajstić information content (AvgIpc) is 3.45. The van der Waals surface area contributed by atoms with Crippen molar-refractivity contribution in [2.24, 2.45) is 46.3 Å². The summed E-state index contributed by atoms with van der Waals surface area (Å²) in [4.78, 5) is 38.0. The number of rotatable bonds is 5. The van der Waals surface area contributed by atoms with E-state index in [1.807, 2.05) is 0 Å². The van der Waals surface area contributed by atoms with Crippen LogP contribution in [0, 0.1) is 46.3 Å². The first-order valence-electron chi connectivity index (χ1n) is 15.6. The van der Waals surface area contributed by atoms with Crippen molar-refractivity contribution in [1.82, 2.24) is 0 Å². The van der Waals surface area contributed by atoms with Crippen molar-refractivity contribution in [3.8, 4) is 0 Å². The number of hydrogen-bond donors (Lipinski definition) is 5. The fourth-order valence-electron chi connectivity index (χ4n) is 11.1. The van der Waals surface area contributed by atoms with E-state index in [1.54, 1.807) is 0 Å². The fourth-order valence-corrected chi connectivity index (χ4v) is 11.1. The molecule has 0 aromatic carbocycles. The fraction of sp³-hybridized carbons (Fsp3) is 0.903. The van der Waals surface area contributed by atoms with Crippen molar-refractivity contribution >= 4 is 18.0 Å². The van der Waals surface area contributed by atoms with E-state index < -0.39 is 46.3 Å². The van der Waals surface area contributed by atoms with Gasteiger partial charge in [-0.1, -0.05) is 20.8 Å². The van der Waals surface area contributed by atoms with Crippen LogP contribution in [0.3, 0.4) is 0 Å². The highest BCUT2D eigenvalue weighted by atomic mass is 16.4. The van der Waals surface area contributed by atoms with Gasteiger partial charge < -0.3 is 25.5 Å². The van der Waals surface area contributed by atoms with Crippen LogP contribution in [-0.2, 0) is 9.59 Å². The molecule has 4 saturated carbocycles. The summed E-state index contributed by atoms with van der Waals surface area (Å²) in [5.74, 6) is -0.839. The Hall–Kier alpha value is -1.55. The number of amides is 2. The van der Waals surface area contributed by atoms with Gasteiger partial charge in [0.15, 0.2) is 0 Å². The number of fused-ring (bicyclic) bond motifs is 5. The molecule has 40 heavy (non-hydrogen) atoms. The van der Waals surface area contributed by atoms with Gasteiger partial charge in [0.2, 0.25) is 5.54 Å². The van der Waals surface area contributed by atoms with Gasteiger partial charge >= 0.3 is 18.0 Å². The summed E-state index contributed by atoms with van der Waals surface area (Å²) in [7, 11) is 0. The summed E-state index contributed by atoms with van der Waals surface area (Å²) >= 11 is 0. The lowest BCUT2D eigenvalue weighted by Gasteiger charge is -2.63. The van der Waals surface area contributed by atoms with Crippen molar-refractivity contribution in [1.29, 1.82) is 0 Å². The van der Waals surface area contributed by atoms with E-state index in [0.29, 0.717) is 31.1 Å². The quantitative estimate of drug-likeness (QED) is 0.314. The molecule has 1 saturated heterocycles. The van der Waals surface area contributed by atoms with Gasteiger partial charge in [-0.05, 0) is 97.7 Å². The Balaban J connectivity index is 1.32. The predicted molar refractivity (Wildman–Crippen MR) is 146 cm³/mol. The van der Waals surface area contributed by atoms with Crippen LogP contribution in [0.25, 0.3) is 0 Å². The minimum Gasteiger partial charge on any atom is -0.477 e. The highest BCUT2D eigenvalue weighted by molar-refractivity contribution is 5.88. The summed E-state index contributed by atoms with van der Waals surface area (Å²) in [6, 6.07) is 0. The summed E-state index contributed by atoms with van der Waals surface area (Å²) < 4.78 is -1.03. The van der Waals surface area contributed by atoms with Crippen molar-refractivity contribution in [2.75, 3.05) is 6.54 Å². The number of nitrogens with zero attached hydrogens (tertiary/aromatic N) is 1. The molecule has 13 atom stereocenters. The molecular weight excluding hydrogens is 514 g/mol. The van der Waals surface area contributed by atoms with Crippen molar-refractivity contribution in [3.63, 3.8) is 0 Å². The average molecular weight is 565 g/mol. The zero-order valence-electron chi connectivity index (χ0n) is 24.6. The molecule has 5 rings (SSSR count). The second-order valence-electron chi connectivity index (χ2n) is 14.9. The second-order valence-corrected chi connectivity index (χ2v) is 14.9. The van der Waals surface area contributed by atoms with Crippen LogP contribution in [0.1, 0.15) is 98.3 Å². The largest absolute Gasteiger partial charge is 0.522 e. The van der Waals surface area contributed by atoms with Crippen molar-refractivity contribution in [2.45, 2.75) is 122 Å².